The summed E-state index contributed by atoms with van der Waals surface area (Å²) in [5.74, 6) is 0.113. The number of aryl methyl sites for hydroxylation is 1. The van der Waals surface area contributed by atoms with Gasteiger partial charge in [-0.25, -0.2) is 8.42 Å². The molecule has 4 heteroatoms. The molecule has 0 heterocycles. The molecular weight excluding hydrogens is 200 g/mol. The average molecular weight is 214 g/mol. The lowest BCUT2D eigenvalue weighted by Crippen LogP contribution is -2.07. The molecular formula is C10H14O3S. The number of hydrogen-bond donors (Lipinski definition) is 1. The van der Waals surface area contributed by atoms with Crippen LogP contribution in [0.5, 0.6) is 5.75 Å². The van der Waals surface area contributed by atoms with Gasteiger partial charge in [0, 0.05) is 0 Å². The van der Waals surface area contributed by atoms with Crippen LogP contribution in [-0.4, -0.2) is 19.3 Å². The first kappa shape index (κ1) is 11.0. The summed E-state index contributed by atoms with van der Waals surface area (Å²) in [7, 11) is -3.22. The summed E-state index contributed by atoms with van der Waals surface area (Å²) in [5, 5.41) is 9.20. The average Bonchev–Trinajstić information content (AvgIpc) is 2.09. The molecule has 1 aromatic carbocycles. The van der Waals surface area contributed by atoms with E-state index in [2.05, 4.69) is 0 Å². The Morgan fingerprint density at radius 3 is 2.57 bits per heavy atom. The summed E-state index contributed by atoms with van der Waals surface area (Å²) in [4.78, 5) is 0.236. The van der Waals surface area contributed by atoms with E-state index < -0.39 is 9.84 Å². The number of phenolic OH excluding ortho intramolecular Hbond substituents is 1. The molecule has 0 atom stereocenters. The molecule has 0 aliphatic carbocycles. The van der Waals surface area contributed by atoms with Crippen molar-refractivity contribution < 1.29 is 13.5 Å². The molecule has 1 aromatic rings. The quantitative estimate of drug-likeness (QED) is 0.835. The number of rotatable bonds is 3. The van der Waals surface area contributed by atoms with Crippen molar-refractivity contribution in [2.75, 3.05) is 5.75 Å². The Kier molecular flexibility index (Phi) is 3.16. The van der Waals surface area contributed by atoms with E-state index in [9.17, 15) is 13.5 Å². The van der Waals surface area contributed by atoms with Crippen molar-refractivity contribution in [3.8, 4) is 5.75 Å². The van der Waals surface area contributed by atoms with Crippen LogP contribution >= 0.6 is 0 Å². The van der Waals surface area contributed by atoms with Crippen molar-refractivity contribution in [1.29, 1.82) is 0 Å². The van der Waals surface area contributed by atoms with Gasteiger partial charge in [-0.2, -0.15) is 0 Å². The van der Waals surface area contributed by atoms with Gasteiger partial charge in [0.1, 0.15) is 5.75 Å². The lowest BCUT2D eigenvalue weighted by molar-refractivity contribution is 0.473. The van der Waals surface area contributed by atoms with Crippen LogP contribution in [0.25, 0.3) is 0 Å². The molecule has 0 bridgehead atoms. The zero-order valence-corrected chi connectivity index (χ0v) is 9.13. The van der Waals surface area contributed by atoms with Crippen LogP contribution in [0.4, 0.5) is 0 Å². The van der Waals surface area contributed by atoms with E-state index in [4.69, 9.17) is 0 Å². The van der Waals surface area contributed by atoms with Crippen LogP contribution in [0, 0.1) is 6.92 Å². The molecule has 0 radical (unpaired) electrons. The van der Waals surface area contributed by atoms with Crippen LogP contribution < -0.4 is 0 Å². The molecule has 1 rings (SSSR count). The molecule has 0 amide bonds. The Balaban J connectivity index is 3.25. The Bertz CT molecular complexity index is 421. The Labute approximate surface area is 84.3 Å². The van der Waals surface area contributed by atoms with Crippen molar-refractivity contribution in [1.82, 2.24) is 0 Å². The maximum absolute atomic E-state index is 11.7. The molecule has 0 aromatic heterocycles. The van der Waals surface area contributed by atoms with Crippen LogP contribution in [-0.2, 0) is 9.84 Å². The predicted molar refractivity (Wildman–Crippen MR) is 55.2 cm³/mol. The number of hydrogen-bond acceptors (Lipinski definition) is 3. The van der Waals surface area contributed by atoms with Crippen molar-refractivity contribution in [3.63, 3.8) is 0 Å². The number of sulfone groups is 1. The number of benzene rings is 1. The fraction of sp³-hybridized carbons (Fsp3) is 0.400. The smallest absolute Gasteiger partial charge is 0.178 e. The van der Waals surface area contributed by atoms with E-state index >= 15 is 0 Å². The molecule has 3 nitrogen and oxygen atoms in total. The summed E-state index contributed by atoms with van der Waals surface area (Å²) in [6.45, 7) is 3.54. The Morgan fingerprint density at radius 1 is 1.36 bits per heavy atom. The van der Waals surface area contributed by atoms with Gasteiger partial charge in [-0.3, -0.25) is 0 Å². The van der Waals surface area contributed by atoms with Gasteiger partial charge in [0.2, 0.25) is 0 Å². The van der Waals surface area contributed by atoms with Crippen LogP contribution in [0.1, 0.15) is 18.9 Å². The van der Waals surface area contributed by atoms with E-state index in [-0.39, 0.29) is 16.4 Å². The van der Waals surface area contributed by atoms with Gasteiger partial charge in [-0.1, -0.05) is 13.0 Å². The van der Waals surface area contributed by atoms with Gasteiger partial charge >= 0.3 is 0 Å². The van der Waals surface area contributed by atoms with E-state index in [1.54, 1.807) is 13.0 Å². The highest BCUT2D eigenvalue weighted by Crippen LogP contribution is 2.22. The fourth-order valence-corrected chi connectivity index (χ4v) is 2.92. The lowest BCUT2D eigenvalue weighted by atomic mass is 10.2. The predicted octanol–water partition coefficient (Wildman–Crippen LogP) is 1.88. The minimum Gasteiger partial charge on any atom is -0.508 e. The van der Waals surface area contributed by atoms with Crippen molar-refractivity contribution in [2.45, 2.75) is 25.2 Å². The third-order valence-corrected chi connectivity index (χ3v) is 4.04. The summed E-state index contributed by atoms with van der Waals surface area (Å²) in [6.07, 6.45) is 0.581. The number of phenols is 1. The zero-order valence-electron chi connectivity index (χ0n) is 8.32. The second-order valence-electron chi connectivity index (χ2n) is 3.27. The topological polar surface area (TPSA) is 54.4 Å². The van der Waals surface area contributed by atoms with E-state index in [1.807, 2.05) is 6.92 Å². The van der Waals surface area contributed by atoms with Gasteiger partial charge in [-0.05, 0) is 31.0 Å². The van der Waals surface area contributed by atoms with Gasteiger partial charge in [0.15, 0.2) is 9.84 Å². The standard InChI is InChI=1S/C10H14O3S/c1-3-6-14(12,13)10-7-9(11)5-4-8(10)2/h4-5,7,11H,3,6H2,1-2H3. The molecule has 0 saturated carbocycles. The van der Waals surface area contributed by atoms with Crippen LogP contribution in [0.2, 0.25) is 0 Å². The van der Waals surface area contributed by atoms with Gasteiger partial charge in [0.05, 0.1) is 10.6 Å². The van der Waals surface area contributed by atoms with E-state index in [0.29, 0.717) is 12.0 Å². The largest absolute Gasteiger partial charge is 0.508 e. The van der Waals surface area contributed by atoms with Crippen molar-refractivity contribution in [2.24, 2.45) is 0 Å². The minimum atomic E-state index is -3.22. The minimum absolute atomic E-state index is 0.00900. The third-order valence-electron chi connectivity index (χ3n) is 1.98. The van der Waals surface area contributed by atoms with Crippen LogP contribution in [0.15, 0.2) is 23.1 Å². The SMILES string of the molecule is CCCS(=O)(=O)c1cc(O)ccc1C. The molecule has 0 unspecified atom stereocenters. The first-order valence-corrected chi connectivity index (χ1v) is 6.15. The maximum Gasteiger partial charge on any atom is 0.178 e. The Morgan fingerprint density at radius 2 is 2.00 bits per heavy atom. The van der Waals surface area contributed by atoms with Crippen molar-refractivity contribution >= 4 is 9.84 Å². The second kappa shape index (κ2) is 4.00. The summed E-state index contributed by atoms with van der Waals surface area (Å²) in [5.41, 5.74) is 0.677. The van der Waals surface area contributed by atoms with Gasteiger partial charge < -0.3 is 5.11 Å². The lowest BCUT2D eigenvalue weighted by Gasteiger charge is -2.06. The highest BCUT2D eigenvalue weighted by Gasteiger charge is 2.16. The third kappa shape index (κ3) is 2.26. The molecule has 0 fully saturated rings. The maximum atomic E-state index is 11.7. The second-order valence-corrected chi connectivity index (χ2v) is 5.35. The molecule has 0 spiro atoms. The first-order chi connectivity index (χ1) is 6.47. The summed E-state index contributed by atoms with van der Waals surface area (Å²) < 4.78 is 23.4. The van der Waals surface area contributed by atoms with E-state index in [1.165, 1.54) is 12.1 Å². The normalized spacial score (nSPS) is 11.6. The highest BCUT2D eigenvalue weighted by atomic mass is 32.2. The number of aromatic hydroxyl groups is 1. The van der Waals surface area contributed by atoms with E-state index in [0.717, 1.165) is 0 Å². The van der Waals surface area contributed by atoms with Gasteiger partial charge in [0.25, 0.3) is 0 Å². The molecule has 0 aliphatic rings. The first-order valence-electron chi connectivity index (χ1n) is 4.49. The van der Waals surface area contributed by atoms with Crippen molar-refractivity contribution in [3.05, 3.63) is 23.8 Å². The van der Waals surface area contributed by atoms with Gasteiger partial charge in [-0.15, -0.1) is 0 Å². The Hall–Kier alpha value is -1.03. The van der Waals surface area contributed by atoms with Crippen LogP contribution in [0.3, 0.4) is 0 Å². The monoisotopic (exact) mass is 214 g/mol. The summed E-state index contributed by atoms with van der Waals surface area (Å²) in [6, 6.07) is 4.40. The fourth-order valence-electron chi connectivity index (χ4n) is 1.30. The molecule has 14 heavy (non-hydrogen) atoms. The molecule has 1 N–H and O–H groups in total. The molecule has 0 saturated heterocycles. The highest BCUT2D eigenvalue weighted by molar-refractivity contribution is 7.91. The zero-order chi connectivity index (χ0) is 10.8. The molecule has 0 aliphatic heterocycles. The summed E-state index contributed by atoms with van der Waals surface area (Å²) >= 11 is 0. The molecule has 78 valence electrons.